The van der Waals surface area contributed by atoms with Crippen LogP contribution in [0.5, 0.6) is 5.75 Å². The third kappa shape index (κ3) is 3.26. The van der Waals surface area contributed by atoms with E-state index in [0.717, 1.165) is 22.2 Å². The molecule has 0 aliphatic rings. The monoisotopic (exact) mass is 264 g/mol. The molecule has 1 aromatic heterocycles. The van der Waals surface area contributed by atoms with E-state index in [9.17, 15) is 9.90 Å². The molecule has 0 bridgehead atoms. The van der Waals surface area contributed by atoms with Gasteiger partial charge in [-0.2, -0.15) is 0 Å². The molecule has 0 spiro atoms. The van der Waals surface area contributed by atoms with Gasteiger partial charge in [0.05, 0.1) is 0 Å². The zero-order valence-corrected chi connectivity index (χ0v) is 11.4. The molecule has 1 atom stereocenters. The minimum absolute atomic E-state index is 0.154. The van der Waals surface area contributed by atoms with Gasteiger partial charge in [0.25, 0.3) is 0 Å². The summed E-state index contributed by atoms with van der Waals surface area (Å²) in [5, 5.41) is 19.1. The van der Waals surface area contributed by atoms with Crippen LogP contribution < -0.4 is 5.73 Å². The second-order valence-corrected chi connectivity index (χ2v) is 4.11. The van der Waals surface area contributed by atoms with E-state index in [1.807, 2.05) is 20.8 Å². The molecule has 0 radical (unpaired) electrons. The quantitative estimate of drug-likeness (QED) is 0.682. The molecule has 0 amide bonds. The molecule has 0 aliphatic carbocycles. The summed E-state index contributed by atoms with van der Waals surface area (Å²) in [6.45, 7) is 5.86. The maximum atomic E-state index is 10.8. The fourth-order valence-electron chi connectivity index (χ4n) is 1.94. The Kier molecular flexibility index (Phi) is 4.94. The van der Waals surface area contributed by atoms with Crippen molar-refractivity contribution >= 4 is 16.9 Å². The van der Waals surface area contributed by atoms with Crippen molar-refractivity contribution in [3.8, 4) is 5.75 Å². The van der Waals surface area contributed by atoms with Gasteiger partial charge in [0.1, 0.15) is 11.8 Å². The van der Waals surface area contributed by atoms with Crippen LogP contribution in [0.2, 0.25) is 0 Å². The SMILES string of the molecule is CC.Cc1[nH]c2ccc(O)cc2c1CC(N)C(=O)O. The zero-order chi connectivity index (χ0) is 14.6. The molecule has 5 heteroatoms. The largest absolute Gasteiger partial charge is 0.508 e. The number of carboxylic acids is 1. The normalized spacial score (nSPS) is 11.8. The molecule has 104 valence electrons. The van der Waals surface area contributed by atoms with Crippen LogP contribution in [0.3, 0.4) is 0 Å². The van der Waals surface area contributed by atoms with Gasteiger partial charge in [0.15, 0.2) is 0 Å². The highest BCUT2D eigenvalue weighted by atomic mass is 16.4. The number of H-pyrrole nitrogens is 1. The van der Waals surface area contributed by atoms with Crippen molar-refractivity contribution in [2.75, 3.05) is 0 Å². The van der Waals surface area contributed by atoms with Crippen LogP contribution in [-0.2, 0) is 11.2 Å². The molecule has 5 nitrogen and oxygen atoms in total. The van der Waals surface area contributed by atoms with E-state index in [0.29, 0.717) is 0 Å². The molecule has 0 aliphatic heterocycles. The Morgan fingerprint density at radius 2 is 2.05 bits per heavy atom. The molecule has 1 heterocycles. The van der Waals surface area contributed by atoms with Crippen molar-refractivity contribution in [1.82, 2.24) is 4.98 Å². The van der Waals surface area contributed by atoms with Gasteiger partial charge in [-0.15, -0.1) is 0 Å². The number of aromatic nitrogens is 1. The lowest BCUT2D eigenvalue weighted by molar-refractivity contribution is -0.138. The van der Waals surface area contributed by atoms with Crippen LogP contribution in [0.4, 0.5) is 0 Å². The van der Waals surface area contributed by atoms with Crippen LogP contribution in [0.1, 0.15) is 25.1 Å². The fraction of sp³-hybridized carbons (Fsp3) is 0.357. The van der Waals surface area contributed by atoms with E-state index in [4.69, 9.17) is 10.8 Å². The minimum Gasteiger partial charge on any atom is -0.508 e. The van der Waals surface area contributed by atoms with Gasteiger partial charge in [-0.3, -0.25) is 4.79 Å². The molecule has 0 saturated carbocycles. The van der Waals surface area contributed by atoms with Crippen molar-refractivity contribution in [2.45, 2.75) is 33.2 Å². The zero-order valence-electron chi connectivity index (χ0n) is 11.4. The first kappa shape index (κ1) is 15.0. The van der Waals surface area contributed by atoms with E-state index in [1.54, 1.807) is 18.2 Å². The summed E-state index contributed by atoms with van der Waals surface area (Å²) in [7, 11) is 0. The summed E-state index contributed by atoms with van der Waals surface area (Å²) in [5.41, 5.74) is 8.11. The molecule has 19 heavy (non-hydrogen) atoms. The molecule has 1 unspecified atom stereocenters. The second-order valence-electron chi connectivity index (χ2n) is 4.11. The molecular weight excluding hydrogens is 244 g/mol. The number of fused-ring (bicyclic) bond motifs is 1. The molecule has 2 aromatic rings. The van der Waals surface area contributed by atoms with E-state index in [-0.39, 0.29) is 12.2 Å². The molecular formula is C14H20N2O3. The molecule has 1 aromatic carbocycles. The number of aryl methyl sites for hydroxylation is 1. The fourth-order valence-corrected chi connectivity index (χ4v) is 1.94. The third-order valence-electron chi connectivity index (χ3n) is 2.84. The standard InChI is InChI=1S/C12H14N2O3.C2H6/c1-6-8(5-10(13)12(16)17)9-4-7(15)2-3-11(9)14-6;1-2/h2-4,10,14-15H,5,13H2,1H3,(H,16,17);1-2H3. The molecule has 5 N–H and O–H groups in total. The minimum atomic E-state index is -1.03. The summed E-state index contributed by atoms with van der Waals surface area (Å²) in [4.78, 5) is 13.9. The number of benzene rings is 1. The van der Waals surface area contributed by atoms with Gasteiger partial charge in [0, 0.05) is 23.0 Å². The van der Waals surface area contributed by atoms with Crippen molar-refractivity contribution in [3.05, 3.63) is 29.5 Å². The summed E-state index contributed by atoms with van der Waals surface area (Å²) in [5.74, 6) is -0.874. The topological polar surface area (TPSA) is 99.3 Å². The number of hydrogen-bond donors (Lipinski definition) is 4. The summed E-state index contributed by atoms with van der Waals surface area (Å²) in [6, 6.07) is 4.02. The Bertz CT molecular complexity index is 575. The lowest BCUT2D eigenvalue weighted by Gasteiger charge is -2.06. The van der Waals surface area contributed by atoms with E-state index in [1.165, 1.54) is 0 Å². The second kappa shape index (κ2) is 6.24. The van der Waals surface area contributed by atoms with Gasteiger partial charge in [0.2, 0.25) is 0 Å². The van der Waals surface area contributed by atoms with Gasteiger partial charge < -0.3 is 20.9 Å². The Labute approximate surface area is 112 Å². The molecule has 0 fully saturated rings. The van der Waals surface area contributed by atoms with Crippen LogP contribution in [-0.4, -0.2) is 27.2 Å². The molecule has 0 saturated heterocycles. The Morgan fingerprint density at radius 1 is 1.42 bits per heavy atom. The first-order valence-electron chi connectivity index (χ1n) is 6.27. The van der Waals surface area contributed by atoms with Crippen molar-refractivity contribution in [3.63, 3.8) is 0 Å². The Balaban J connectivity index is 0.000000861. The average molecular weight is 264 g/mol. The number of nitrogens with two attached hydrogens (primary N) is 1. The van der Waals surface area contributed by atoms with E-state index in [2.05, 4.69) is 4.98 Å². The van der Waals surface area contributed by atoms with Crippen molar-refractivity contribution in [1.29, 1.82) is 0 Å². The number of aromatic amines is 1. The highest BCUT2D eigenvalue weighted by Crippen LogP contribution is 2.26. The van der Waals surface area contributed by atoms with Crippen molar-refractivity contribution < 1.29 is 15.0 Å². The summed E-state index contributed by atoms with van der Waals surface area (Å²) in [6.07, 6.45) is 0.241. The predicted molar refractivity (Wildman–Crippen MR) is 75.4 cm³/mol. The van der Waals surface area contributed by atoms with E-state index < -0.39 is 12.0 Å². The van der Waals surface area contributed by atoms with Gasteiger partial charge >= 0.3 is 5.97 Å². The highest BCUT2D eigenvalue weighted by Gasteiger charge is 2.17. The van der Waals surface area contributed by atoms with Gasteiger partial charge in [-0.1, -0.05) is 13.8 Å². The Morgan fingerprint density at radius 3 is 2.63 bits per heavy atom. The number of nitrogens with one attached hydrogen (secondary N) is 1. The third-order valence-corrected chi connectivity index (χ3v) is 2.84. The van der Waals surface area contributed by atoms with Crippen LogP contribution >= 0.6 is 0 Å². The smallest absolute Gasteiger partial charge is 0.320 e. The molecule has 2 rings (SSSR count). The number of phenolic OH excluding ortho intramolecular Hbond substituents is 1. The van der Waals surface area contributed by atoms with Crippen LogP contribution in [0.25, 0.3) is 10.9 Å². The van der Waals surface area contributed by atoms with Gasteiger partial charge in [-0.25, -0.2) is 0 Å². The number of phenols is 1. The number of carbonyl (C=O) groups is 1. The first-order valence-corrected chi connectivity index (χ1v) is 6.27. The lowest BCUT2D eigenvalue weighted by Crippen LogP contribution is -2.32. The average Bonchev–Trinajstić information content (AvgIpc) is 2.68. The van der Waals surface area contributed by atoms with Crippen molar-refractivity contribution in [2.24, 2.45) is 5.73 Å². The maximum Gasteiger partial charge on any atom is 0.320 e. The summed E-state index contributed by atoms with van der Waals surface area (Å²) >= 11 is 0. The van der Waals surface area contributed by atoms with Crippen LogP contribution in [0, 0.1) is 6.92 Å². The number of hydrogen-bond acceptors (Lipinski definition) is 3. The van der Waals surface area contributed by atoms with Gasteiger partial charge in [-0.05, 0) is 30.7 Å². The van der Waals surface area contributed by atoms with E-state index >= 15 is 0 Å². The number of aromatic hydroxyl groups is 1. The highest BCUT2D eigenvalue weighted by molar-refractivity contribution is 5.87. The first-order chi connectivity index (χ1) is 8.99. The lowest BCUT2D eigenvalue weighted by atomic mass is 10.0. The number of carboxylic acid groups (broad SMARTS) is 1. The predicted octanol–water partition coefficient (Wildman–Crippen LogP) is 2.16. The summed E-state index contributed by atoms with van der Waals surface area (Å²) < 4.78 is 0. The number of aliphatic carboxylic acids is 1. The maximum absolute atomic E-state index is 10.8. The Hall–Kier alpha value is -2.01. The number of rotatable bonds is 3. The van der Waals surface area contributed by atoms with Crippen LogP contribution in [0.15, 0.2) is 18.2 Å².